The maximum atomic E-state index is 6.22. The Labute approximate surface area is 133 Å². The number of pyridine rings is 1. The maximum absolute atomic E-state index is 6.22. The number of anilines is 2. The molecule has 0 atom stereocenters. The van der Waals surface area contributed by atoms with Crippen LogP contribution in [0.25, 0.3) is 11.3 Å². The minimum absolute atomic E-state index is 0.278. The molecule has 0 spiro atoms. The molecule has 0 unspecified atom stereocenters. The van der Waals surface area contributed by atoms with Crippen molar-refractivity contribution in [2.24, 2.45) is 0 Å². The van der Waals surface area contributed by atoms with Gasteiger partial charge in [-0.3, -0.25) is 4.68 Å². The maximum Gasteiger partial charge on any atom is 0.228 e. The summed E-state index contributed by atoms with van der Waals surface area (Å²) in [5.74, 6) is 1.11. The molecule has 3 rings (SSSR count). The van der Waals surface area contributed by atoms with Gasteiger partial charge in [0.2, 0.25) is 5.95 Å². The van der Waals surface area contributed by atoms with Crippen LogP contribution in [-0.4, -0.2) is 24.7 Å². The fraction of sp³-hybridized carbons (Fsp3) is 0.200. The lowest BCUT2D eigenvalue weighted by Gasteiger charge is -2.06. The van der Waals surface area contributed by atoms with Crippen molar-refractivity contribution in [3.63, 3.8) is 0 Å². The van der Waals surface area contributed by atoms with Gasteiger partial charge in [0.15, 0.2) is 0 Å². The number of nitrogens with zero attached hydrogens (tertiary/aromatic N) is 5. The number of nitrogens with one attached hydrogen (secondary N) is 1. The highest BCUT2D eigenvalue weighted by Crippen LogP contribution is 2.27. The summed E-state index contributed by atoms with van der Waals surface area (Å²) in [4.78, 5) is 12.8. The topological polar surface area (TPSA) is 68.5 Å². The van der Waals surface area contributed by atoms with E-state index in [1.54, 1.807) is 18.6 Å². The lowest BCUT2D eigenvalue weighted by Crippen LogP contribution is -2.00. The molecule has 22 heavy (non-hydrogen) atoms. The van der Waals surface area contributed by atoms with Gasteiger partial charge in [-0.2, -0.15) is 5.10 Å². The number of hydrogen-bond acceptors (Lipinski definition) is 5. The van der Waals surface area contributed by atoms with E-state index in [2.05, 4.69) is 39.2 Å². The van der Waals surface area contributed by atoms with Crippen LogP contribution in [0.15, 0.2) is 43.0 Å². The molecule has 0 amide bonds. The standard InChI is InChI=1S/C15H15ClN6/c1-10(2)22-9-11(7-19-22)14-12(16)8-18-15(21-14)20-13-5-3-4-6-17-13/h3-10H,1-2H3,(H,17,18,20,21). The molecule has 0 aliphatic rings. The first kappa shape index (κ1) is 14.5. The molecule has 112 valence electrons. The Balaban J connectivity index is 1.92. The van der Waals surface area contributed by atoms with Crippen molar-refractivity contribution in [3.05, 3.63) is 48.0 Å². The first-order valence-electron chi connectivity index (χ1n) is 6.88. The van der Waals surface area contributed by atoms with Gasteiger partial charge in [0, 0.05) is 24.0 Å². The SMILES string of the molecule is CC(C)n1cc(-c2nc(Nc3ccccn3)ncc2Cl)cn1. The summed E-state index contributed by atoms with van der Waals surface area (Å²) >= 11 is 6.22. The van der Waals surface area contributed by atoms with Crippen LogP contribution >= 0.6 is 11.6 Å². The average molecular weight is 315 g/mol. The summed E-state index contributed by atoms with van der Waals surface area (Å²) < 4.78 is 1.86. The van der Waals surface area contributed by atoms with E-state index in [1.165, 1.54) is 0 Å². The molecule has 0 aromatic carbocycles. The van der Waals surface area contributed by atoms with E-state index < -0.39 is 0 Å². The van der Waals surface area contributed by atoms with Gasteiger partial charge in [-0.1, -0.05) is 17.7 Å². The zero-order valence-electron chi connectivity index (χ0n) is 12.2. The minimum Gasteiger partial charge on any atom is -0.309 e. The van der Waals surface area contributed by atoms with Gasteiger partial charge in [-0.15, -0.1) is 0 Å². The van der Waals surface area contributed by atoms with E-state index in [0.29, 0.717) is 22.5 Å². The Morgan fingerprint density at radius 2 is 2.05 bits per heavy atom. The normalized spacial score (nSPS) is 10.9. The van der Waals surface area contributed by atoms with Crippen LogP contribution in [-0.2, 0) is 0 Å². The zero-order chi connectivity index (χ0) is 15.5. The number of aromatic nitrogens is 5. The Bertz CT molecular complexity index is 769. The molecule has 0 aliphatic heterocycles. The monoisotopic (exact) mass is 314 g/mol. The predicted octanol–water partition coefficient (Wildman–Crippen LogP) is 3.71. The highest BCUT2D eigenvalue weighted by atomic mass is 35.5. The average Bonchev–Trinajstić information content (AvgIpc) is 3.00. The van der Waals surface area contributed by atoms with Crippen LogP contribution in [0.3, 0.4) is 0 Å². The van der Waals surface area contributed by atoms with Crippen LogP contribution in [0.5, 0.6) is 0 Å². The summed E-state index contributed by atoms with van der Waals surface area (Å²) in [6.45, 7) is 4.12. The summed E-state index contributed by atoms with van der Waals surface area (Å²) in [5, 5.41) is 7.84. The molecule has 0 radical (unpaired) electrons. The third-order valence-electron chi connectivity index (χ3n) is 3.05. The molecule has 6 nitrogen and oxygen atoms in total. The molecular weight excluding hydrogens is 300 g/mol. The first-order valence-corrected chi connectivity index (χ1v) is 7.26. The van der Waals surface area contributed by atoms with Crippen LogP contribution in [0, 0.1) is 0 Å². The van der Waals surface area contributed by atoms with Crippen molar-refractivity contribution < 1.29 is 0 Å². The molecular formula is C15H15ClN6. The fourth-order valence-electron chi connectivity index (χ4n) is 1.92. The van der Waals surface area contributed by atoms with Crippen molar-refractivity contribution in [1.29, 1.82) is 0 Å². The molecule has 1 N–H and O–H groups in total. The molecule has 0 saturated carbocycles. The van der Waals surface area contributed by atoms with E-state index in [0.717, 1.165) is 5.56 Å². The molecule has 0 aliphatic carbocycles. The predicted molar refractivity (Wildman–Crippen MR) is 86.2 cm³/mol. The van der Waals surface area contributed by atoms with Crippen LogP contribution in [0.1, 0.15) is 19.9 Å². The largest absolute Gasteiger partial charge is 0.309 e. The van der Waals surface area contributed by atoms with E-state index in [-0.39, 0.29) is 6.04 Å². The molecule has 3 aromatic rings. The van der Waals surface area contributed by atoms with Gasteiger partial charge in [-0.25, -0.2) is 15.0 Å². The van der Waals surface area contributed by atoms with Gasteiger partial charge in [-0.05, 0) is 26.0 Å². The zero-order valence-corrected chi connectivity index (χ0v) is 13.0. The molecule has 7 heteroatoms. The van der Waals surface area contributed by atoms with Crippen LogP contribution in [0.4, 0.5) is 11.8 Å². The van der Waals surface area contributed by atoms with Gasteiger partial charge < -0.3 is 5.32 Å². The molecule has 0 saturated heterocycles. The van der Waals surface area contributed by atoms with E-state index in [9.17, 15) is 0 Å². The van der Waals surface area contributed by atoms with Crippen molar-refractivity contribution >= 4 is 23.4 Å². The summed E-state index contributed by atoms with van der Waals surface area (Å²) in [6, 6.07) is 5.85. The quantitative estimate of drug-likeness (QED) is 0.795. The Hall–Kier alpha value is -2.47. The van der Waals surface area contributed by atoms with E-state index >= 15 is 0 Å². The first-order chi connectivity index (χ1) is 10.6. The highest BCUT2D eigenvalue weighted by molar-refractivity contribution is 6.32. The van der Waals surface area contributed by atoms with E-state index in [1.807, 2.05) is 29.1 Å². The van der Waals surface area contributed by atoms with Crippen LogP contribution in [0.2, 0.25) is 5.02 Å². The fourth-order valence-corrected chi connectivity index (χ4v) is 2.12. The van der Waals surface area contributed by atoms with Crippen molar-refractivity contribution in [2.75, 3.05) is 5.32 Å². The summed E-state index contributed by atoms with van der Waals surface area (Å²) in [5.41, 5.74) is 1.49. The summed E-state index contributed by atoms with van der Waals surface area (Å²) in [6.07, 6.45) is 6.94. The lowest BCUT2D eigenvalue weighted by atomic mass is 10.2. The number of halogens is 1. The van der Waals surface area contributed by atoms with E-state index in [4.69, 9.17) is 11.6 Å². The number of hydrogen-bond donors (Lipinski definition) is 1. The third-order valence-corrected chi connectivity index (χ3v) is 3.33. The number of rotatable bonds is 4. The highest BCUT2D eigenvalue weighted by Gasteiger charge is 2.11. The Morgan fingerprint density at radius 3 is 2.73 bits per heavy atom. The third kappa shape index (κ3) is 3.07. The molecule has 3 aromatic heterocycles. The van der Waals surface area contributed by atoms with Crippen LogP contribution < -0.4 is 5.32 Å². The van der Waals surface area contributed by atoms with Gasteiger partial charge in [0.25, 0.3) is 0 Å². The second-order valence-electron chi connectivity index (χ2n) is 5.03. The molecule has 0 bridgehead atoms. The summed E-state index contributed by atoms with van der Waals surface area (Å²) in [7, 11) is 0. The lowest BCUT2D eigenvalue weighted by molar-refractivity contribution is 0.532. The van der Waals surface area contributed by atoms with Crippen molar-refractivity contribution in [2.45, 2.75) is 19.9 Å². The molecule has 0 fully saturated rings. The van der Waals surface area contributed by atoms with Gasteiger partial charge >= 0.3 is 0 Å². The molecule has 3 heterocycles. The smallest absolute Gasteiger partial charge is 0.228 e. The van der Waals surface area contributed by atoms with Gasteiger partial charge in [0.1, 0.15) is 5.82 Å². The Kier molecular flexibility index (Phi) is 4.02. The van der Waals surface area contributed by atoms with Gasteiger partial charge in [0.05, 0.1) is 23.1 Å². The minimum atomic E-state index is 0.278. The van der Waals surface area contributed by atoms with Crippen molar-refractivity contribution in [3.8, 4) is 11.3 Å². The van der Waals surface area contributed by atoms with Crippen molar-refractivity contribution in [1.82, 2.24) is 24.7 Å². The second-order valence-corrected chi connectivity index (χ2v) is 5.44. The second kappa shape index (κ2) is 6.11. The Morgan fingerprint density at radius 1 is 1.18 bits per heavy atom.